The third-order valence-electron chi connectivity index (χ3n) is 3.95. The molecule has 20 heavy (non-hydrogen) atoms. The van der Waals surface area contributed by atoms with E-state index in [1.165, 1.54) is 0 Å². The number of ether oxygens (including phenoxy) is 1. The van der Waals surface area contributed by atoms with Gasteiger partial charge in [-0.15, -0.1) is 0 Å². The van der Waals surface area contributed by atoms with Crippen LogP contribution in [0.5, 0.6) is 5.75 Å². The van der Waals surface area contributed by atoms with E-state index in [0.717, 1.165) is 48.0 Å². The maximum atomic E-state index is 11.1. The largest absolute Gasteiger partial charge is 0.496 e. The number of methoxy groups -OCH3 is 1. The second-order valence-corrected chi connectivity index (χ2v) is 6.20. The first-order valence-corrected chi connectivity index (χ1v) is 7.74. The number of benzene rings is 1. The van der Waals surface area contributed by atoms with Crippen molar-refractivity contribution >= 4 is 21.8 Å². The van der Waals surface area contributed by atoms with E-state index in [1.54, 1.807) is 7.11 Å². The van der Waals surface area contributed by atoms with Gasteiger partial charge in [0.15, 0.2) is 0 Å². The average molecular weight is 341 g/mol. The minimum absolute atomic E-state index is 0.0634. The summed E-state index contributed by atoms with van der Waals surface area (Å²) in [5.74, 6) is 0.803. The second kappa shape index (κ2) is 7.09. The Hall–Kier alpha value is -1.07. The summed E-state index contributed by atoms with van der Waals surface area (Å²) in [6, 6.07) is 6.46. The van der Waals surface area contributed by atoms with Crippen LogP contribution in [0.25, 0.3) is 0 Å². The highest BCUT2D eigenvalue weighted by molar-refractivity contribution is 9.10. The van der Waals surface area contributed by atoms with Crippen LogP contribution in [-0.2, 0) is 11.3 Å². The highest BCUT2D eigenvalue weighted by Crippen LogP contribution is 2.26. The molecule has 1 aliphatic carbocycles. The zero-order valence-corrected chi connectivity index (χ0v) is 13.3. The van der Waals surface area contributed by atoms with E-state index in [-0.39, 0.29) is 11.8 Å². The molecule has 0 bridgehead atoms. The van der Waals surface area contributed by atoms with E-state index in [0.29, 0.717) is 6.04 Å². The molecule has 0 atom stereocenters. The van der Waals surface area contributed by atoms with Crippen molar-refractivity contribution in [3.63, 3.8) is 0 Å². The Kier molecular flexibility index (Phi) is 5.43. The van der Waals surface area contributed by atoms with Crippen LogP contribution in [-0.4, -0.2) is 19.1 Å². The van der Waals surface area contributed by atoms with Crippen LogP contribution in [0.2, 0.25) is 0 Å². The summed E-state index contributed by atoms with van der Waals surface area (Å²) in [5, 5.41) is 3.55. The Morgan fingerprint density at radius 2 is 2.10 bits per heavy atom. The van der Waals surface area contributed by atoms with Crippen LogP contribution in [0.1, 0.15) is 31.2 Å². The van der Waals surface area contributed by atoms with Crippen LogP contribution >= 0.6 is 15.9 Å². The highest BCUT2D eigenvalue weighted by atomic mass is 79.9. The number of halogens is 1. The fourth-order valence-corrected chi connectivity index (χ4v) is 3.13. The molecule has 1 aromatic rings. The van der Waals surface area contributed by atoms with Gasteiger partial charge in [0, 0.05) is 28.5 Å². The Morgan fingerprint density at radius 3 is 2.70 bits per heavy atom. The Morgan fingerprint density at radius 1 is 1.40 bits per heavy atom. The molecule has 1 saturated carbocycles. The van der Waals surface area contributed by atoms with E-state index in [2.05, 4.69) is 27.3 Å². The Balaban J connectivity index is 1.87. The number of nitrogens with two attached hydrogens (primary N) is 1. The van der Waals surface area contributed by atoms with Crippen molar-refractivity contribution in [1.29, 1.82) is 0 Å². The SMILES string of the molecule is COc1ccc(Br)cc1CNC1CCC(C(N)=O)CC1. The molecule has 0 saturated heterocycles. The van der Waals surface area contributed by atoms with Gasteiger partial charge < -0.3 is 15.8 Å². The first-order valence-electron chi connectivity index (χ1n) is 6.95. The number of carbonyl (C=O) groups excluding carboxylic acids is 1. The molecule has 2 rings (SSSR count). The smallest absolute Gasteiger partial charge is 0.220 e. The van der Waals surface area contributed by atoms with E-state index in [1.807, 2.05) is 12.1 Å². The molecule has 4 nitrogen and oxygen atoms in total. The summed E-state index contributed by atoms with van der Waals surface area (Å²) in [4.78, 5) is 11.1. The first-order chi connectivity index (χ1) is 9.60. The molecule has 0 spiro atoms. The average Bonchev–Trinajstić information content (AvgIpc) is 2.45. The molecule has 1 aromatic carbocycles. The summed E-state index contributed by atoms with van der Waals surface area (Å²) >= 11 is 3.48. The van der Waals surface area contributed by atoms with Crippen molar-refractivity contribution < 1.29 is 9.53 Å². The second-order valence-electron chi connectivity index (χ2n) is 5.29. The number of nitrogens with one attached hydrogen (secondary N) is 1. The number of hydrogen-bond donors (Lipinski definition) is 2. The molecule has 110 valence electrons. The van der Waals surface area contributed by atoms with Crippen LogP contribution in [0, 0.1) is 5.92 Å². The fraction of sp³-hybridized carbons (Fsp3) is 0.533. The van der Waals surface area contributed by atoms with Gasteiger partial charge in [-0.2, -0.15) is 0 Å². The number of carbonyl (C=O) groups is 1. The predicted molar refractivity (Wildman–Crippen MR) is 82.5 cm³/mol. The normalized spacial score (nSPS) is 22.5. The van der Waals surface area contributed by atoms with Crippen molar-refractivity contribution in [3.05, 3.63) is 28.2 Å². The molecular weight excluding hydrogens is 320 g/mol. The standard InChI is InChI=1S/C15H21BrN2O2/c1-20-14-7-4-12(16)8-11(14)9-18-13-5-2-10(3-6-13)15(17)19/h4,7-8,10,13,18H,2-3,5-6,9H2,1H3,(H2,17,19). The fourth-order valence-electron chi connectivity index (χ4n) is 2.72. The molecule has 5 heteroatoms. The minimum atomic E-state index is -0.155. The van der Waals surface area contributed by atoms with Crippen molar-refractivity contribution in [2.75, 3.05) is 7.11 Å². The molecular formula is C15H21BrN2O2. The molecule has 1 amide bonds. The highest BCUT2D eigenvalue weighted by Gasteiger charge is 2.24. The van der Waals surface area contributed by atoms with Gasteiger partial charge in [-0.25, -0.2) is 0 Å². The van der Waals surface area contributed by atoms with Crippen LogP contribution in [0.4, 0.5) is 0 Å². The maximum Gasteiger partial charge on any atom is 0.220 e. The quantitative estimate of drug-likeness (QED) is 0.865. The lowest BCUT2D eigenvalue weighted by molar-refractivity contribution is -0.122. The van der Waals surface area contributed by atoms with Gasteiger partial charge in [-0.1, -0.05) is 15.9 Å². The predicted octanol–water partition coefficient (Wildman–Crippen LogP) is 2.59. The molecule has 1 fully saturated rings. The molecule has 0 aliphatic heterocycles. The van der Waals surface area contributed by atoms with Crippen molar-refractivity contribution in [1.82, 2.24) is 5.32 Å². The molecule has 0 radical (unpaired) electrons. The first kappa shape index (κ1) is 15.3. The Labute approximate surface area is 128 Å². The molecule has 0 heterocycles. The minimum Gasteiger partial charge on any atom is -0.496 e. The third-order valence-corrected chi connectivity index (χ3v) is 4.45. The Bertz CT molecular complexity index is 471. The number of rotatable bonds is 5. The van der Waals surface area contributed by atoms with Crippen molar-refractivity contribution in [2.24, 2.45) is 11.7 Å². The van der Waals surface area contributed by atoms with E-state index >= 15 is 0 Å². The van der Waals surface area contributed by atoms with E-state index < -0.39 is 0 Å². The van der Waals surface area contributed by atoms with Gasteiger partial charge in [0.2, 0.25) is 5.91 Å². The zero-order chi connectivity index (χ0) is 14.5. The van der Waals surface area contributed by atoms with E-state index in [4.69, 9.17) is 10.5 Å². The van der Waals surface area contributed by atoms with Gasteiger partial charge in [-0.3, -0.25) is 4.79 Å². The van der Waals surface area contributed by atoms with Crippen molar-refractivity contribution in [3.8, 4) is 5.75 Å². The molecule has 1 aliphatic rings. The number of amides is 1. The maximum absolute atomic E-state index is 11.1. The van der Waals surface area contributed by atoms with E-state index in [9.17, 15) is 4.79 Å². The summed E-state index contributed by atoms with van der Waals surface area (Å²) in [6.07, 6.45) is 3.79. The van der Waals surface area contributed by atoms with Crippen LogP contribution < -0.4 is 15.8 Å². The summed E-state index contributed by atoms with van der Waals surface area (Å²) in [6.45, 7) is 0.772. The van der Waals surface area contributed by atoms with Crippen LogP contribution in [0.3, 0.4) is 0 Å². The van der Waals surface area contributed by atoms with Crippen molar-refractivity contribution in [2.45, 2.75) is 38.3 Å². The lowest BCUT2D eigenvalue weighted by atomic mass is 9.85. The van der Waals surface area contributed by atoms with Gasteiger partial charge in [-0.05, 0) is 43.9 Å². The monoisotopic (exact) mass is 340 g/mol. The summed E-state index contributed by atoms with van der Waals surface area (Å²) in [7, 11) is 1.69. The summed E-state index contributed by atoms with van der Waals surface area (Å²) < 4.78 is 6.42. The van der Waals surface area contributed by atoms with Gasteiger partial charge in [0.25, 0.3) is 0 Å². The molecule has 3 N–H and O–H groups in total. The number of hydrogen-bond acceptors (Lipinski definition) is 3. The molecule has 0 unspecified atom stereocenters. The lowest BCUT2D eigenvalue weighted by Gasteiger charge is -2.27. The third kappa shape index (κ3) is 3.96. The van der Waals surface area contributed by atoms with Crippen LogP contribution in [0.15, 0.2) is 22.7 Å². The summed E-state index contributed by atoms with van der Waals surface area (Å²) in [5.41, 5.74) is 6.49. The lowest BCUT2D eigenvalue weighted by Crippen LogP contribution is -2.36. The van der Waals surface area contributed by atoms with Gasteiger partial charge >= 0.3 is 0 Å². The topological polar surface area (TPSA) is 64.3 Å². The van der Waals surface area contributed by atoms with Gasteiger partial charge in [0.1, 0.15) is 5.75 Å². The van der Waals surface area contributed by atoms with Gasteiger partial charge in [0.05, 0.1) is 7.11 Å². The molecule has 0 aromatic heterocycles. The number of primary amides is 1. The zero-order valence-electron chi connectivity index (χ0n) is 11.7.